The van der Waals surface area contributed by atoms with Crippen LogP contribution in [0.15, 0.2) is 12.3 Å². The van der Waals surface area contributed by atoms with Gasteiger partial charge in [-0.1, -0.05) is 13.8 Å². The fourth-order valence-electron chi connectivity index (χ4n) is 1.85. The molecule has 1 atom stereocenters. The van der Waals surface area contributed by atoms with Gasteiger partial charge in [-0.05, 0) is 51.8 Å². The SMILES string of the molecule is CNCC(Cc1ccn(C(C)C)n1)C(C)C. The highest BCUT2D eigenvalue weighted by Gasteiger charge is 2.14. The highest BCUT2D eigenvalue weighted by molar-refractivity contribution is 5.01. The van der Waals surface area contributed by atoms with Crippen molar-refractivity contribution >= 4 is 0 Å². The van der Waals surface area contributed by atoms with Gasteiger partial charge in [-0.2, -0.15) is 5.10 Å². The van der Waals surface area contributed by atoms with E-state index in [4.69, 9.17) is 0 Å². The summed E-state index contributed by atoms with van der Waals surface area (Å²) in [6.07, 6.45) is 3.15. The van der Waals surface area contributed by atoms with Crippen LogP contribution < -0.4 is 5.32 Å². The van der Waals surface area contributed by atoms with Gasteiger partial charge in [-0.25, -0.2) is 0 Å². The molecule has 3 heteroatoms. The van der Waals surface area contributed by atoms with E-state index in [0.29, 0.717) is 17.9 Å². The number of rotatable bonds is 6. The van der Waals surface area contributed by atoms with Gasteiger partial charge in [0.05, 0.1) is 5.69 Å². The number of hydrogen-bond donors (Lipinski definition) is 1. The number of nitrogens with zero attached hydrogens (tertiary/aromatic N) is 2. The summed E-state index contributed by atoms with van der Waals surface area (Å²) in [5, 5.41) is 7.87. The van der Waals surface area contributed by atoms with E-state index < -0.39 is 0 Å². The zero-order valence-corrected chi connectivity index (χ0v) is 11.2. The minimum Gasteiger partial charge on any atom is -0.319 e. The highest BCUT2D eigenvalue weighted by atomic mass is 15.3. The maximum Gasteiger partial charge on any atom is 0.0628 e. The van der Waals surface area contributed by atoms with E-state index in [1.165, 1.54) is 5.69 Å². The van der Waals surface area contributed by atoms with Crippen LogP contribution in [-0.2, 0) is 6.42 Å². The van der Waals surface area contributed by atoms with Gasteiger partial charge in [0.1, 0.15) is 0 Å². The molecule has 0 saturated heterocycles. The average molecular weight is 223 g/mol. The van der Waals surface area contributed by atoms with Crippen molar-refractivity contribution in [3.05, 3.63) is 18.0 Å². The van der Waals surface area contributed by atoms with Gasteiger partial charge in [-0.15, -0.1) is 0 Å². The zero-order valence-electron chi connectivity index (χ0n) is 11.2. The Balaban J connectivity index is 2.62. The Bertz CT molecular complexity index is 302. The van der Waals surface area contributed by atoms with E-state index in [2.05, 4.69) is 50.4 Å². The maximum absolute atomic E-state index is 4.60. The third kappa shape index (κ3) is 3.63. The lowest BCUT2D eigenvalue weighted by molar-refractivity contribution is 0.365. The van der Waals surface area contributed by atoms with Crippen LogP contribution in [0.4, 0.5) is 0 Å². The Kier molecular flexibility index (Phi) is 5.00. The molecule has 0 aromatic carbocycles. The Morgan fingerprint density at radius 2 is 2.00 bits per heavy atom. The fraction of sp³-hybridized carbons (Fsp3) is 0.769. The molecule has 92 valence electrons. The van der Waals surface area contributed by atoms with E-state index in [1.807, 2.05) is 11.7 Å². The molecular weight excluding hydrogens is 198 g/mol. The van der Waals surface area contributed by atoms with Gasteiger partial charge < -0.3 is 5.32 Å². The predicted octanol–water partition coefficient (Wildman–Crippen LogP) is 2.50. The fourth-order valence-corrected chi connectivity index (χ4v) is 1.85. The first-order chi connectivity index (χ1) is 7.54. The lowest BCUT2D eigenvalue weighted by atomic mass is 9.91. The summed E-state index contributed by atoms with van der Waals surface area (Å²) in [6, 6.07) is 2.60. The quantitative estimate of drug-likeness (QED) is 0.803. The Morgan fingerprint density at radius 3 is 2.44 bits per heavy atom. The zero-order chi connectivity index (χ0) is 12.1. The van der Waals surface area contributed by atoms with E-state index in [9.17, 15) is 0 Å². The van der Waals surface area contributed by atoms with Crippen LogP contribution in [0.3, 0.4) is 0 Å². The minimum atomic E-state index is 0.454. The molecule has 16 heavy (non-hydrogen) atoms. The maximum atomic E-state index is 4.60. The largest absolute Gasteiger partial charge is 0.319 e. The molecule has 0 bridgehead atoms. The minimum absolute atomic E-state index is 0.454. The standard InChI is InChI=1S/C13H25N3/c1-10(2)12(9-14-5)8-13-6-7-16(15-13)11(3)4/h6-7,10-12,14H,8-9H2,1-5H3. The molecular formula is C13H25N3. The van der Waals surface area contributed by atoms with Crippen molar-refractivity contribution in [2.24, 2.45) is 11.8 Å². The second-order valence-corrected chi connectivity index (χ2v) is 5.15. The first-order valence-electron chi connectivity index (χ1n) is 6.23. The molecule has 1 aromatic rings. The van der Waals surface area contributed by atoms with Gasteiger partial charge in [0, 0.05) is 12.2 Å². The first-order valence-corrected chi connectivity index (χ1v) is 6.23. The van der Waals surface area contributed by atoms with Crippen molar-refractivity contribution in [3.63, 3.8) is 0 Å². The molecule has 0 spiro atoms. The Hall–Kier alpha value is -0.830. The molecule has 0 aliphatic carbocycles. The molecule has 0 aliphatic heterocycles. The smallest absolute Gasteiger partial charge is 0.0628 e. The van der Waals surface area contributed by atoms with Crippen molar-refractivity contribution < 1.29 is 0 Å². The lowest BCUT2D eigenvalue weighted by Crippen LogP contribution is -2.25. The summed E-state index contributed by atoms with van der Waals surface area (Å²) < 4.78 is 2.03. The van der Waals surface area contributed by atoms with Crippen LogP contribution in [0.1, 0.15) is 39.4 Å². The van der Waals surface area contributed by atoms with Gasteiger partial charge in [-0.3, -0.25) is 4.68 Å². The summed E-state index contributed by atoms with van der Waals surface area (Å²) in [6.45, 7) is 9.93. The van der Waals surface area contributed by atoms with Gasteiger partial charge in [0.25, 0.3) is 0 Å². The third-order valence-electron chi connectivity index (χ3n) is 3.07. The van der Waals surface area contributed by atoms with Crippen molar-refractivity contribution in [2.45, 2.75) is 40.2 Å². The topological polar surface area (TPSA) is 29.9 Å². The van der Waals surface area contributed by atoms with Crippen molar-refractivity contribution in [1.29, 1.82) is 0 Å². The van der Waals surface area contributed by atoms with E-state index in [1.54, 1.807) is 0 Å². The second-order valence-electron chi connectivity index (χ2n) is 5.15. The molecule has 0 radical (unpaired) electrons. The van der Waals surface area contributed by atoms with E-state index in [-0.39, 0.29) is 0 Å². The lowest BCUT2D eigenvalue weighted by Gasteiger charge is -2.19. The van der Waals surface area contributed by atoms with Crippen LogP contribution in [-0.4, -0.2) is 23.4 Å². The molecule has 0 amide bonds. The van der Waals surface area contributed by atoms with Crippen molar-refractivity contribution in [2.75, 3.05) is 13.6 Å². The predicted molar refractivity (Wildman–Crippen MR) is 68.6 cm³/mol. The second kappa shape index (κ2) is 6.04. The molecule has 0 saturated carbocycles. The van der Waals surface area contributed by atoms with Gasteiger partial charge in [0.2, 0.25) is 0 Å². The number of nitrogens with one attached hydrogen (secondary N) is 1. The molecule has 1 N–H and O–H groups in total. The molecule has 3 nitrogen and oxygen atoms in total. The molecule has 1 unspecified atom stereocenters. The van der Waals surface area contributed by atoms with Crippen molar-refractivity contribution in [3.8, 4) is 0 Å². The highest BCUT2D eigenvalue weighted by Crippen LogP contribution is 2.16. The van der Waals surface area contributed by atoms with Crippen LogP contribution in [0.5, 0.6) is 0 Å². The average Bonchev–Trinajstić information content (AvgIpc) is 2.65. The van der Waals surface area contributed by atoms with Crippen LogP contribution in [0.2, 0.25) is 0 Å². The molecule has 1 rings (SSSR count). The monoisotopic (exact) mass is 223 g/mol. The summed E-state index contributed by atoms with van der Waals surface area (Å²) in [7, 11) is 2.02. The Labute approximate surface area is 99.2 Å². The van der Waals surface area contributed by atoms with E-state index >= 15 is 0 Å². The summed E-state index contributed by atoms with van der Waals surface area (Å²) in [5.74, 6) is 1.36. The Morgan fingerprint density at radius 1 is 1.31 bits per heavy atom. The first kappa shape index (κ1) is 13.2. The molecule has 0 aliphatic rings. The van der Waals surface area contributed by atoms with Crippen LogP contribution in [0.25, 0.3) is 0 Å². The summed E-state index contributed by atoms with van der Waals surface area (Å²) in [4.78, 5) is 0. The van der Waals surface area contributed by atoms with Gasteiger partial charge in [0.15, 0.2) is 0 Å². The molecule has 1 aromatic heterocycles. The van der Waals surface area contributed by atoms with Crippen LogP contribution >= 0.6 is 0 Å². The molecule has 1 heterocycles. The van der Waals surface area contributed by atoms with Gasteiger partial charge >= 0.3 is 0 Å². The number of hydrogen-bond acceptors (Lipinski definition) is 2. The molecule has 0 fully saturated rings. The summed E-state index contributed by atoms with van der Waals surface area (Å²) >= 11 is 0. The third-order valence-corrected chi connectivity index (χ3v) is 3.07. The van der Waals surface area contributed by atoms with E-state index in [0.717, 1.165) is 13.0 Å². The van der Waals surface area contributed by atoms with Crippen molar-refractivity contribution in [1.82, 2.24) is 15.1 Å². The number of aromatic nitrogens is 2. The van der Waals surface area contributed by atoms with Crippen LogP contribution in [0, 0.1) is 11.8 Å². The summed E-state index contributed by atoms with van der Waals surface area (Å²) in [5.41, 5.74) is 1.21. The normalized spacial score (nSPS) is 13.7.